The average Bonchev–Trinajstić information content (AvgIpc) is 2.64. The molecule has 0 radical (unpaired) electrons. The molecule has 136 valence electrons. The Labute approximate surface area is 162 Å². The minimum Gasteiger partial charge on any atom is -0.452 e. The van der Waals surface area contributed by atoms with Crippen LogP contribution in [0.15, 0.2) is 59.1 Å². The standard InChI is InChI=1S/C21H22BrNO3/c1-3-15(2)18-9-4-5-10-19(18)23-20(24)14-26-21(25)12-11-16-7-6-8-17(22)13-16/h4-13,15H,3,14H2,1-2H3,(H,23,24)/b12-11+/t15-/m1/s1. The van der Waals surface area contributed by atoms with Gasteiger partial charge in [0.1, 0.15) is 0 Å². The van der Waals surface area contributed by atoms with E-state index in [9.17, 15) is 9.59 Å². The molecule has 0 saturated carbocycles. The number of benzene rings is 2. The maximum atomic E-state index is 12.1. The molecule has 0 unspecified atom stereocenters. The number of ether oxygens (including phenoxy) is 1. The van der Waals surface area contributed by atoms with Crippen molar-refractivity contribution >= 4 is 39.6 Å². The average molecular weight is 416 g/mol. The fourth-order valence-corrected chi connectivity index (χ4v) is 2.82. The van der Waals surface area contributed by atoms with Crippen LogP contribution in [0.5, 0.6) is 0 Å². The molecule has 0 aliphatic carbocycles. The highest BCUT2D eigenvalue weighted by Crippen LogP contribution is 2.26. The molecule has 26 heavy (non-hydrogen) atoms. The number of nitrogens with one attached hydrogen (secondary N) is 1. The monoisotopic (exact) mass is 415 g/mol. The Morgan fingerprint density at radius 1 is 1.19 bits per heavy atom. The summed E-state index contributed by atoms with van der Waals surface area (Å²) in [6.07, 6.45) is 3.92. The van der Waals surface area contributed by atoms with Crippen molar-refractivity contribution in [1.29, 1.82) is 0 Å². The molecule has 0 aliphatic heterocycles. The van der Waals surface area contributed by atoms with Crippen LogP contribution in [0.25, 0.3) is 6.08 Å². The molecule has 1 atom stereocenters. The number of carbonyl (C=O) groups is 2. The number of carbonyl (C=O) groups excluding carboxylic acids is 2. The van der Waals surface area contributed by atoms with E-state index in [0.29, 0.717) is 5.92 Å². The number of anilines is 1. The first-order valence-electron chi connectivity index (χ1n) is 8.48. The lowest BCUT2D eigenvalue weighted by atomic mass is 9.97. The third-order valence-corrected chi connectivity index (χ3v) is 4.48. The van der Waals surface area contributed by atoms with Crippen molar-refractivity contribution in [2.24, 2.45) is 0 Å². The third-order valence-electron chi connectivity index (χ3n) is 3.98. The van der Waals surface area contributed by atoms with Crippen molar-refractivity contribution in [2.75, 3.05) is 11.9 Å². The molecular weight excluding hydrogens is 394 g/mol. The topological polar surface area (TPSA) is 55.4 Å². The zero-order valence-corrected chi connectivity index (χ0v) is 16.5. The first-order chi connectivity index (χ1) is 12.5. The lowest BCUT2D eigenvalue weighted by Gasteiger charge is -2.15. The normalized spacial score (nSPS) is 12.0. The zero-order chi connectivity index (χ0) is 18.9. The van der Waals surface area contributed by atoms with Crippen molar-refractivity contribution < 1.29 is 14.3 Å². The zero-order valence-electron chi connectivity index (χ0n) is 14.9. The molecule has 1 amide bonds. The van der Waals surface area contributed by atoms with Crippen LogP contribution in [0.3, 0.4) is 0 Å². The van der Waals surface area contributed by atoms with Crippen LogP contribution >= 0.6 is 15.9 Å². The Morgan fingerprint density at radius 3 is 2.69 bits per heavy atom. The summed E-state index contributed by atoms with van der Waals surface area (Å²) < 4.78 is 5.93. The van der Waals surface area contributed by atoms with Crippen molar-refractivity contribution in [2.45, 2.75) is 26.2 Å². The second-order valence-corrected chi connectivity index (χ2v) is 6.86. The minimum absolute atomic E-state index is 0.323. The summed E-state index contributed by atoms with van der Waals surface area (Å²) >= 11 is 3.37. The molecular formula is C21H22BrNO3. The quantitative estimate of drug-likeness (QED) is 0.501. The Bertz CT molecular complexity index is 801. The summed E-state index contributed by atoms with van der Waals surface area (Å²) in [5, 5.41) is 2.82. The van der Waals surface area contributed by atoms with Crippen molar-refractivity contribution in [3.8, 4) is 0 Å². The SMILES string of the molecule is CC[C@@H](C)c1ccccc1NC(=O)COC(=O)/C=C/c1cccc(Br)c1. The lowest BCUT2D eigenvalue weighted by Crippen LogP contribution is -2.21. The number of amides is 1. The van der Waals surface area contributed by atoms with Gasteiger partial charge >= 0.3 is 5.97 Å². The number of rotatable bonds is 7. The van der Waals surface area contributed by atoms with Gasteiger partial charge in [0, 0.05) is 16.2 Å². The van der Waals surface area contributed by atoms with Gasteiger partial charge in [0.2, 0.25) is 0 Å². The van der Waals surface area contributed by atoms with Gasteiger partial charge in [-0.05, 0) is 47.7 Å². The first kappa shape index (κ1) is 19.9. The molecule has 1 N–H and O–H groups in total. The van der Waals surface area contributed by atoms with Gasteiger partial charge in [-0.3, -0.25) is 4.79 Å². The molecule has 0 aliphatic rings. The summed E-state index contributed by atoms with van der Waals surface area (Å²) in [6, 6.07) is 15.2. The van der Waals surface area contributed by atoms with Gasteiger partial charge in [0.15, 0.2) is 6.61 Å². The number of halogens is 1. The summed E-state index contributed by atoms with van der Waals surface area (Å²) in [7, 11) is 0. The van der Waals surface area contributed by atoms with E-state index >= 15 is 0 Å². The van der Waals surface area contributed by atoms with Crippen molar-refractivity contribution in [3.05, 3.63) is 70.2 Å². The molecule has 0 spiro atoms. The largest absolute Gasteiger partial charge is 0.452 e. The first-order valence-corrected chi connectivity index (χ1v) is 9.28. The Morgan fingerprint density at radius 2 is 1.96 bits per heavy atom. The molecule has 2 aromatic carbocycles. The summed E-state index contributed by atoms with van der Waals surface area (Å²) in [4.78, 5) is 23.9. The molecule has 0 aromatic heterocycles. The fourth-order valence-electron chi connectivity index (χ4n) is 2.41. The van der Waals surface area contributed by atoms with E-state index in [2.05, 4.69) is 35.1 Å². The maximum Gasteiger partial charge on any atom is 0.331 e. The summed E-state index contributed by atoms with van der Waals surface area (Å²) in [6.45, 7) is 3.89. The molecule has 2 aromatic rings. The van der Waals surface area contributed by atoms with E-state index in [4.69, 9.17) is 4.74 Å². The number of hydrogen-bond donors (Lipinski definition) is 1. The van der Waals surface area contributed by atoms with Crippen LogP contribution < -0.4 is 5.32 Å². The molecule has 5 heteroatoms. The Kier molecular flexibility index (Phi) is 7.60. The number of para-hydroxylation sites is 1. The van der Waals surface area contributed by atoms with E-state index in [-0.39, 0.29) is 12.5 Å². The Hall–Kier alpha value is -2.40. The van der Waals surface area contributed by atoms with Crippen LogP contribution in [-0.4, -0.2) is 18.5 Å². The van der Waals surface area contributed by atoms with Gasteiger partial charge in [-0.15, -0.1) is 0 Å². The molecule has 0 bridgehead atoms. The van der Waals surface area contributed by atoms with Crippen LogP contribution in [0.4, 0.5) is 5.69 Å². The lowest BCUT2D eigenvalue weighted by molar-refractivity contribution is -0.142. The maximum absolute atomic E-state index is 12.1. The van der Waals surface area contributed by atoms with Gasteiger partial charge in [0.25, 0.3) is 5.91 Å². The van der Waals surface area contributed by atoms with Crippen LogP contribution in [0, 0.1) is 0 Å². The predicted octanol–water partition coefficient (Wildman–Crippen LogP) is 5.16. The molecule has 0 saturated heterocycles. The Balaban J connectivity index is 1.88. The second-order valence-electron chi connectivity index (χ2n) is 5.94. The van der Waals surface area contributed by atoms with Gasteiger partial charge in [-0.25, -0.2) is 4.79 Å². The summed E-state index contributed by atoms with van der Waals surface area (Å²) in [5.41, 5.74) is 2.69. The van der Waals surface area contributed by atoms with E-state index in [0.717, 1.165) is 27.7 Å². The minimum atomic E-state index is -0.560. The van der Waals surface area contributed by atoms with Crippen molar-refractivity contribution in [3.63, 3.8) is 0 Å². The smallest absolute Gasteiger partial charge is 0.331 e. The van der Waals surface area contributed by atoms with Gasteiger partial charge in [-0.2, -0.15) is 0 Å². The van der Waals surface area contributed by atoms with Crippen molar-refractivity contribution in [1.82, 2.24) is 0 Å². The van der Waals surface area contributed by atoms with Crippen LogP contribution in [-0.2, 0) is 14.3 Å². The predicted molar refractivity (Wildman–Crippen MR) is 108 cm³/mol. The van der Waals surface area contributed by atoms with Crippen LogP contribution in [0.2, 0.25) is 0 Å². The highest BCUT2D eigenvalue weighted by molar-refractivity contribution is 9.10. The van der Waals surface area contributed by atoms with Crippen LogP contribution in [0.1, 0.15) is 37.3 Å². The highest BCUT2D eigenvalue weighted by atomic mass is 79.9. The van der Waals surface area contributed by atoms with Gasteiger partial charge in [-0.1, -0.05) is 60.1 Å². The summed E-state index contributed by atoms with van der Waals surface area (Å²) in [5.74, 6) is -0.581. The number of esters is 1. The molecule has 0 heterocycles. The fraction of sp³-hybridized carbons (Fsp3) is 0.238. The van der Waals surface area contributed by atoms with E-state index in [1.165, 1.54) is 6.08 Å². The van der Waals surface area contributed by atoms with Gasteiger partial charge < -0.3 is 10.1 Å². The van der Waals surface area contributed by atoms with E-state index < -0.39 is 5.97 Å². The second kappa shape index (κ2) is 9.92. The third kappa shape index (κ3) is 6.15. The molecule has 0 fully saturated rings. The molecule has 2 rings (SSSR count). The number of hydrogen-bond acceptors (Lipinski definition) is 3. The molecule has 4 nitrogen and oxygen atoms in total. The van der Waals surface area contributed by atoms with Gasteiger partial charge in [0.05, 0.1) is 0 Å². The highest BCUT2D eigenvalue weighted by Gasteiger charge is 2.12. The van der Waals surface area contributed by atoms with E-state index in [1.54, 1.807) is 6.08 Å². The van der Waals surface area contributed by atoms with E-state index in [1.807, 2.05) is 48.5 Å².